The highest BCUT2D eigenvalue weighted by Gasteiger charge is 2.14. The zero-order valence-corrected chi connectivity index (χ0v) is 9.14. The van der Waals surface area contributed by atoms with Crippen LogP contribution in [0.5, 0.6) is 0 Å². The normalized spacial score (nSPS) is 21.6. The first-order valence-corrected chi connectivity index (χ1v) is 5.73. The van der Waals surface area contributed by atoms with Crippen molar-refractivity contribution in [1.82, 2.24) is 0 Å². The lowest BCUT2D eigenvalue weighted by Gasteiger charge is -2.14. The van der Waals surface area contributed by atoms with Crippen molar-refractivity contribution in [3.63, 3.8) is 0 Å². The molecule has 0 heterocycles. The summed E-state index contributed by atoms with van der Waals surface area (Å²) in [4.78, 5) is 0. The molecule has 3 rings (SSSR count). The van der Waals surface area contributed by atoms with Gasteiger partial charge < -0.3 is 0 Å². The van der Waals surface area contributed by atoms with Crippen molar-refractivity contribution < 1.29 is 0 Å². The second-order valence-electron chi connectivity index (χ2n) is 4.31. The number of allylic oxidation sites excluding steroid dienone is 8. The molecule has 0 N–H and O–H groups in total. The number of benzene rings is 1. The van der Waals surface area contributed by atoms with Gasteiger partial charge >= 0.3 is 0 Å². The van der Waals surface area contributed by atoms with Gasteiger partial charge in [-0.3, -0.25) is 0 Å². The molecule has 1 atom stereocenters. The molecule has 16 heavy (non-hydrogen) atoms. The van der Waals surface area contributed by atoms with Crippen molar-refractivity contribution in [2.75, 3.05) is 0 Å². The van der Waals surface area contributed by atoms with Gasteiger partial charge in [0, 0.05) is 5.92 Å². The van der Waals surface area contributed by atoms with Crippen molar-refractivity contribution in [2.24, 2.45) is 5.92 Å². The topological polar surface area (TPSA) is 0 Å². The van der Waals surface area contributed by atoms with Crippen LogP contribution in [0.1, 0.15) is 5.56 Å². The summed E-state index contributed by atoms with van der Waals surface area (Å²) in [6, 6.07) is 10.6. The summed E-state index contributed by atoms with van der Waals surface area (Å²) in [5.74, 6) is 0.517. The first-order chi connectivity index (χ1) is 7.92. The number of hydrogen-bond acceptors (Lipinski definition) is 0. The van der Waals surface area contributed by atoms with E-state index in [4.69, 9.17) is 0 Å². The van der Waals surface area contributed by atoms with Crippen LogP contribution >= 0.6 is 0 Å². The third kappa shape index (κ3) is 1.79. The van der Waals surface area contributed by atoms with E-state index in [0.29, 0.717) is 5.92 Å². The van der Waals surface area contributed by atoms with E-state index < -0.39 is 0 Å². The molecular weight excluding hydrogens is 192 g/mol. The van der Waals surface area contributed by atoms with Crippen LogP contribution in [0.2, 0.25) is 0 Å². The summed E-state index contributed by atoms with van der Waals surface area (Å²) in [7, 11) is 0. The maximum absolute atomic E-state index is 2.36. The molecule has 2 aliphatic carbocycles. The van der Waals surface area contributed by atoms with E-state index in [-0.39, 0.29) is 0 Å². The fourth-order valence-electron chi connectivity index (χ4n) is 2.27. The van der Waals surface area contributed by atoms with Crippen molar-refractivity contribution in [3.8, 4) is 0 Å². The molecule has 1 unspecified atom stereocenters. The minimum atomic E-state index is 0.517. The smallest absolute Gasteiger partial charge is 0.0207 e. The molecule has 0 amide bonds. The third-order valence-corrected chi connectivity index (χ3v) is 3.13. The Balaban J connectivity index is 1.80. The first kappa shape index (κ1) is 9.41. The van der Waals surface area contributed by atoms with Gasteiger partial charge in [-0.25, -0.2) is 0 Å². The Hall–Kier alpha value is -1.82. The van der Waals surface area contributed by atoms with Crippen LogP contribution in [-0.2, 0) is 6.42 Å². The summed E-state index contributed by atoms with van der Waals surface area (Å²) in [5.41, 5.74) is 4.21. The minimum Gasteiger partial charge on any atom is -0.0732 e. The molecule has 0 nitrogen and oxygen atoms in total. The highest BCUT2D eigenvalue weighted by Crippen LogP contribution is 2.28. The van der Waals surface area contributed by atoms with Crippen molar-refractivity contribution >= 4 is 0 Å². The largest absolute Gasteiger partial charge is 0.0732 e. The molecule has 0 radical (unpaired) electrons. The van der Waals surface area contributed by atoms with E-state index in [1.807, 2.05) is 0 Å². The summed E-state index contributed by atoms with van der Waals surface area (Å²) in [6.45, 7) is 0. The second-order valence-corrected chi connectivity index (χ2v) is 4.31. The van der Waals surface area contributed by atoms with Gasteiger partial charge in [0.05, 0.1) is 0 Å². The zero-order chi connectivity index (χ0) is 10.8. The Morgan fingerprint density at radius 3 is 2.75 bits per heavy atom. The van der Waals surface area contributed by atoms with Gasteiger partial charge in [0.15, 0.2) is 0 Å². The fourth-order valence-corrected chi connectivity index (χ4v) is 2.27. The summed E-state index contributed by atoms with van der Waals surface area (Å²) < 4.78 is 0. The van der Waals surface area contributed by atoms with Gasteiger partial charge in [0.2, 0.25) is 0 Å². The maximum atomic E-state index is 2.36. The van der Waals surface area contributed by atoms with Gasteiger partial charge in [-0.2, -0.15) is 0 Å². The molecule has 0 saturated carbocycles. The van der Waals surface area contributed by atoms with Crippen LogP contribution in [0.25, 0.3) is 0 Å². The predicted molar refractivity (Wildman–Crippen MR) is 68.1 cm³/mol. The van der Waals surface area contributed by atoms with Crippen LogP contribution in [-0.4, -0.2) is 0 Å². The lowest BCUT2D eigenvalue weighted by atomic mass is 9.91. The molecule has 2 aliphatic rings. The molecule has 0 aliphatic heterocycles. The van der Waals surface area contributed by atoms with Crippen LogP contribution in [0.3, 0.4) is 0 Å². The summed E-state index contributed by atoms with van der Waals surface area (Å²) in [5, 5.41) is 0. The Bertz CT molecular complexity index is 498. The molecule has 0 heteroatoms. The van der Waals surface area contributed by atoms with Gasteiger partial charge in [0.25, 0.3) is 0 Å². The fraction of sp³-hybridized carbons (Fsp3) is 0.125. The van der Waals surface area contributed by atoms with E-state index in [9.17, 15) is 0 Å². The van der Waals surface area contributed by atoms with E-state index in [1.165, 1.54) is 16.7 Å². The summed E-state index contributed by atoms with van der Waals surface area (Å²) in [6.07, 6.45) is 14.5. The van der Waals surface area contributed by atoms with E-state index in [2.05, 4.69) is 66.8 Å². The average molecular weight is 206 g/mol. The molecule has 0 saturated heterocycles. The average Bonchev–Trinajstić information content (AvgIpc) is 2.77. The Labute approximate surface area is 96.3 Å². The van der Waals surface area contributed by atoms with Gasteiger partial charge in [-0.1, -0.05) is 66.8 Å². The first-order valence-electron chi connectivity index (χ1n) is 5.73. The lowest BCUT2D eigenvalue weighted by Crippen LogP contribution is -2.00. The van der Waals surface area contributed by atoms with Gasteiger partial charge in [0.1, 0.15) is 0 Å². The highest BCUT2D eigenvalue weighted by molar-refractivity contribution is 5.47. The third-order valence-electron chi connectivity index (χ3n) is 3.13. The van der Waals surface area contributed by atoms with Crippen molar-refractivity contribution in [2.45, 2.75) is 6.42 Å². The monoisotopic (exact) mass is 206 g/mol. The Morgan fingerprint density at radius 1 is 1.00 bits per heavy atom. The zero-order valence-electron chi connectivity index (χ0n) is 9.14. The number of hydrogen-bond donors (Lipinski definition) is 0. The Morgan fingerprint density at radius 2 is 1.88 bits per heavy atom. The second kappa shape index (κ2) is 3.97. The van der Waals surface area contributed by atoms with Crippen molar-refractivity contribution in [3.05, 3.63) is 83.5 Å². The van der Waals surface area contributed by atoms with Gasteiger partial charge in [-0.05, 0) is 23.1 Å². The maximum Gasteiger partial charge on any atom is 0.0207 e. The molecule has 1 aromatic rings. The van der Waals surface area contributed by atoms with Crippen LogP contribution in [0.4, 0.5) is 0 Å². The van der Waals surface area contributed by atoms with E-state index in [1.54, 1.807) is 0 Å². The lowest BCUT2D eigenvalue weighted by molar-refractivity contribution is 0.980. The standard InChI is InChI=1S/C16H14/c1-2-5-13(6-3-1)11-14-9-10-15-7-4-8-16(15)12-14/h1-10,12,16H,11H2. The van der Waals surface area contributed by atoms with E-state index >= 15 is 0 Å². The molecule has 78 valence electrons. The van der Waals surface area contributed by atoms with Crippen molar-refractivity contribution in [1.29, 1.82) is 0 Å². The summed E-state index contributed by atoms with van der Waals surface area (Å²) >= 11 is 0. The van der Waals surface area contributed by atoms with Crippen LogP contribution in [0.15, 0.2) is 77.9 Å². The molecule has 1 aromatic carbocycles. The number of fused-ring (bicyclic) bond motifs is 1. The minimum absolute atomic E-state index is 0.517. The Kier molecular flexibility index (Phi) is 2.34. The van der Waals surface area contributed by atoms with Crippen LogP contribution in [0, 0.1) is 5.92 Å². The molecule has 0 bridgehead atoms. The van der Waals surface area contributed by atoms with Gasteiger partial charge in [-0.15, -0.1) is 0 Å². The quantitative estimate of drug-likeness (QED) is 0.689. The SMILES string of the molecule is C1=CC2C=C(Cc3ccccc3)C=CC2=C1. The number of rotatable bonds is 2. The molecule has 0 spiro atoms. The molecule has 0 fully saturated rings. The molecule has 0 aromatic heterocycles. The van der Waals surface area contributed by atoms with E-state index in [0.717, 1.165) is 6.42 Å². The molecular formula is C16H14. The van der Waals surface area contributed by atoms with Crippen LogP contribution < -0.4 is 0 Å². The predicted octanol–water partition coefficient (Wildman–Crippen LogP) is 3.84. The highest BCUT2D eigenvalue weighted by atomic mass is 14.2.